The van der Waals surface area contributed by atoms with Crippen molar-refractivity contribution in [3.8, 4) is 0 Å². The van der Waals surface area contributed by atoms with Gasteiger partial charge in [-0.3, -0.25) is 4.79 Å². The number of halogens is 1. The van der Waals surface area contributed by atoms with E-state index in [-0.39, 0.29) is 10.7 Å². The summed E-state index contributed by atoms with van der Waals surface area (Å²) in [6.07, 6.45) is 0.594. The molecule has 4 heteroatoms. The molecule has 1 aliphatic rings. The van der Waals surface area contributed by atoms with Crippen molar-refractivity contribution >= 4 is 43.8 Å². The molecule has 0 aliphatic carbocycles. The fourth-order valence-electron chi connectivity index (χ4n) is 2.97. The van der Waals surface area contributed by atoms with Crippen molar-refractivity contribution in [3.05, 3.63) is 48.0 Å². The van der Waals surface area contributed by atoms with E-state index >= 15 is 0 Å². The van der Waals surface area contributed by atoms with Crippen LogP contribution in [0.1, 0.15) is 12.0 Å². The number of nitrogens with zero attached hydrogens (tertiary/aromatic N) is 1. The maximum Gasteiger partial charge on any atom is 0.224 e. The highest BCUT2D eigenvalue weighted by Crippen LogP contribution is 2.30. The molecule has 1 amide bonds. The van der Waals surface area contributed by atoms with Gasteiger partial charge in [0.25, 0.3) is 0 Å². The highest BCUT2D eigenvalue weighted by atomic mass is 79.9. The third-order valence-corrected chi connectivity index (χ3v) is 4.60. The Kier molecular flexibility index (Phi) is 3.00. The second kappa shape index (κ2) is 4.88. The van der Waals surface area contributed by atoms with Crippen molar-refractivity contribution in [1.29, 1.82) is 0 Å². The minimum atomic E-state index is 0.217. The summed E-state index contributed by atoms with van der Waals surface area (Å²) in [4.78, 5) is 14.1. The van der Waals surface area contributed by atoms with Gasteiger partial charge in [-0.1, -0.05) is 40.2 Å². The lowest BCUT2D eigenvalue weighted by Gasteiger charge is -2.15. The lowest BCUT2D eigenvalue weighted by molar-refractivity contribution is -0.128. The summed E-state index contributed by atoms with van der Waals surface area (Å²) >= 11 is 3.52. The summed E-state index contributed by atoms with van der Waals surface area (Å²) in [7, 11) is 0. The first-order valence-electron chi connectivity index (χ1n) is 7.03. The molecule has 0 radical (unpaired) electrons. The zero-order chi connectivity index (χ0) is 14.4. The summed E-state index contributed by atoms with van der Waals surface area (Å²) in [5.41, 5.74) is 2.94. The first kappa shape index (κ1) is 12.9. The van der Waals surface area contributed by atoms with Gasteiger partial charge in [-0.15, -0.1) is 0 Å². The van der Waals surface area contributed by atoms with E-state index in [0.29, 0.717) is 13.0 Å². The Bertz CT molecular complexity index is 839. The van der Waals surface area contributed by atoms with Gasteiger partial charge < -0.3 is 9.32 Å². The number of hydrogen-bond donors (Lipinski definition) is 0. The van der Waals surface area contributed by atoms with Crippen LogP contribution in [0.3, 0.4) is 0 Å². The van der Waals surface area contributed by atoms with Crippen LogP contribution in [0.25, 0.3) is 21.9 Å². The molecule has 0 saturated carbocycles. The van der Waals surface area contributed by atoms with Crippen LogP contribution in [0.5, 0.6) is 0 Å². The SMILES string of the molecule is O=C1CC(Br)CN1Cc1ccc2oc3ccccc3c2c1. The normalized spacial score (nSPS) is 19.0. The van der Waals surface area contributed by atoms with E-state index < -0.39 is 0 Å². The van der Waals surface area contributed by atoms with Gasteiger partial charge in [-0.05, 0) is 23.8 Å². The minimum Gasteiger partial charge on any atom is -0.456 e. The number of alkyl halides is 1. The Balaban J connectivity index is 1.73. The van der Waals surface area contributed by atoms with Gasteiger partial charge in [0.1, 0.15) is 11.2 Å². The lowest BCUT2D eigenvalue weighted by Crippen LogP contribution is -2.24. The monoisotopic (exact) mass is 343 g/mol. The van der Waals surface area contributed by atoms with Crippen molar-refractivity contribution in [1.82, 2.24) is 4.90 Å². The number of carbonyl (C=O) groups is 1. The minimum absolute atomic E-state index is 0.217. The molecule has 0 N–H and O–H groups in total. The summed E-state index contributed by atoms with van der Waals surface area (Å²) < 4.78 is 5.83. The van der Waals surface area contributed by atoms with Crippen LogP contribution in [0, 0.1) is 0 Å². The number of para-hydroxylation sites is 1. The number of rotatable bonds is 2. The molecule has 4 rings (SSSR count). The standard InChI is InChI=1S/C17H14BrNO2/c18-12-8-17(20)19(10-12)9-11-5-6-16-14(7-11)13-3-1-2-4-15(13)21-16/h1-7,12H,8-10H2. The zero-order valence-corrected chi connectivity index (χ0v) is 13.0. The highest BCUT2D eigenvalue weighted by Gasteiger charge is 2.27. The van der Waals surface area contributed by atoms with E-state index in [1.54, 1.807) is 0 Å². The smallest absolute Gasteiger partial charge is 0.224 e. The quantitative estimate of drug-likeness (QED) is 0.657. The molecule has 0 bridgehead atoms. The molecule has 2 heterocycles. The Labute approximate surface area is 130 Å². The van der Waals surface area contributed by atoms with E-state index in [0.717, 1.165) is 34.0 Å². The maximum atomic E-state index is 11.9. The topological polar surface area (TPSA) is 33.5 Å². The molecule has 3 aromatic rings. The predicted octanol–water partition coefficient (Wildman–Crippen LogP) is 4.08. The molecule has 1 unspecified atom stereocenters. The number of likely N-dealkylation sites (tertiary alicyclic amines) is 1. The molecule has 2 aromatic carbocycles. The van der Waals surface area contributed by atoms with E-state index in [2.05, 4.69) is 28.1 Å². The first-order chi connectivity index (χ1) is 10.2. The average Bonchev–Trinajstić information content (AvgIpc) is 2.99. The number of fused-ring (bicyclic) bond motifs is 3. The van der Waals surface area contributed by atoms with E-state index in [4.69, 9.17) is 4.42 Å². The van der Waals surface area contributed by atoms with Gasteiger partial charge in [-0.25, -0.2) is 0 Å². The fraction of sp³-hybridized carbons (Fsp3) is 0.235. The molecule has 106 valence electrons. The van der Waals surface area contributed by atoms with Gasteiger partial charge in [-0.2, -0.15) is 0 Å². The Morgan fingerprint density at radius 1 is 1.14 bits per heavy atom. The summed E-state index contributed by atoms with van der Waals surface area (Å²) in [5, 5.41) is 2.24. The molecule has 1 aliphatic heterocycles. The van der Waals surface area contributed by atoms with E-state index in [1.807, 2.05) is 35.2 Å². The number of amides is 1. The van der Waals surface area contributed by atoms with Crippen LogP contribution in [0.2, 0.25) is 0 Å². The van der Waals surface area contributed by atoms with Crippen molar-refractivity contribution in [2.75, 3.05) is 6.54 Å². The Morgan fingerprint density at radius 3 is 2.76 bits per heavy atom. The van der Waals surface area contributed by atoms with Gasteiger partial charge in [0.05, 0.1) is 0 Å². The third-order valence-electron chi connectivity index (χ3n) is 3.98. The second-order valence-electron chi connectivity index (χ2n) is 5.50. The summed E-state index contributed by atoms with van der Waals surface area (Å²) in [6, 6.07) is 14.2. The van der Waals surface area contributed by atoms with Gasteiger partial charge in [0, 0.05) is 35.1 Å². The van der Waals surface area contributed by atoms with Crippen molar-refractivity contribution in [3.63, 3.8) is 0 Å². The van der Waals surface area contributed by atoms with Crippen LogP contribution in [-0.4, -0.2) is 22.2 Å². The molecule has 1 fully saturated rings. The van der Waals surface area contributed by atoms with Gasteiger partial charge in [0.2, 0.25) is 5.91 Å². The van der Waals surface area contributed by atoms with Crippen LogP contribution < -0.4 is 0 Å². The average molecular weight is 344 g/mol. The molecule has 0 spiro atoms. The number of furan rings is 1. The molecule has 21 heavy (non-hydrogen) atoms. The fourth-order valence-corrected chi connectivity index (χ4v) is 3.60. The number of carbonyl (C=O) groups excluding carboxylic acids is 1. The van der Waals surface area contributed by atoms with Crippen LogP contribution in [0.4, 0.5) is 0 Å². The van der Waals surface area contributed by atoms with E-state index in [9.17, 15) is 4.79 Å². The highest BCUT2D eigenvalue weighted by molar-refractivity contribution is 9.09. The van der Waals surface area contributed by atoms with Crippen LogP contribution in [0.15, 0.2) is 46.9 Å². The van der Waals surface area contributed by atoms with Crippen molar-refractivity contribution < 1.29 is 9.21 Å². The Morgan fingerprint density at radius 2 is 1.95 bits per heavy atom. The molecular weight excluding hydrogens is 330 g/mol. The van der Waals surface area contributed by atoms with Crippen LogP contribution in [-0.2, 0) is 11.3 Å². The lowest BCUT2D eigenvalue weighted by atomic mass is 10.1. The molecule has 1 saturated heterocycles. The summed E-state index contributed by atoms with van der Waals surface area (Å²) in [6.45, 7) is 1.44. The largest absolute Gasteiger partial charge is 0.456 e. The van der Waals surface area contributed by atoms with Crippen molar-refractivity contribution in [2.45, 2.75) is 17.8 Å². The second-order valence-corrected chi connectivity index (χ2v) is 6.80. The predicted molar refractivity (Wildman–Crippen MR) is 86.5 cm³/mol. The number of benzene rings is 2. The van der Waals surface area contributed by atoms with E-state index in [1.165, 1.54) is 0 Å². The number of hydrogen-bond acceptors (Lipinski definition) is 2. The Hall–Kier alpha value is -1.81. The van der Waals surface area contributed by atoms with Gasteiger partial charge in [0.15, 0.2) is 0 Å². The third kappa shape index (κ3) is 2.23. The zero-order valence-electron chi connectivity index (χ0n) is 11.4. The molecular formula is C17H14BrNO2. The maximum absolute atomic E-state index is 11.9. The first-order valence-corrected chi connectivity index (χ1v) is 7.94. The summed E-state index contributed by atoms with van der Waals surface area (Å²) in [5.74, 6) is 0.217. The van der Waals surface area contributed by atoms with Crippen molar-refractivity contribution in [2.24, 2.45) is 0 Å². The van der Waals surface area contributed by atoms with Gasteiger partial charge >= 0.3 is 0 Å². The molecule has 3 nitrogen and oxygen atoms in total. The van der Waals surface area contributed by atoms with Crippen LogP contribution >= 0.6 is 15.9 Å². The molecule has 1 aromatic heterocycles. The molecule has 1 atom stereocenters.